The van der Waals surface area contributed by atoms with E-state index in [9.17, 15) is 9.59 Å². The molecule has 5 nitrogen and oxygen atoms in total. The predicted molar refractivity (Wildman–Crippen MR) is 95.7 cm³/mol. The molecule has 0 N–H and O–H groups in total. The first-order valence-corrected chi connectivity index (χ1v) is 8.85. The Hall–Kier alpha value is -2.27. The molecule has 0 atom stereocenters. The SMILES string of the molecule is CCc1ccc(C(=O)N2CCN(C(=O)Cc3ccc(Cl)cc3)CC2)o1. The van der Waals surface area contributed by atoms with Crippen molar-refractivity contribution in [2.45, 2.75) is 19.8 Å². The lowest BCUT2D eigenvalue weighted by atomic mass is 10.1. The van der Waals surface area contributed by atoms with Gasteiger partial charge in [-0.15, -0.1) is 0 Å². The molecule has 1 aromatic carbocycles. The summed E-state index contributed by atoms with van der Waals surface area (Å²) < 4.78 is 5.53. The topological polar surface area (TPSA) is 53.8 Å². The number of aryl methyl sites for hydroxylation is 1. The highest BCUT2D eigenvalue weighted by Crippen LogP contribution is 2.15. The normalized spacial score (nSPS) is 14.6. The first kappa shape index (κ1) is 17.5. The van der Waals surface area contributed by atoms with Crippen LogP contribution in [0.25, 0.3) is 0 Å². The van der Waals surface area contributed by atoms with Crippen molar-refractivity contribution in [3.63, 3.8) is 0 Å². The molecule has 1 fully saturated rings. The number of benzene rings is 1. The average Bonchev–Trinajstić information content (AvgIpc) is 3.12. The molecule has 1 aromatic heterocycles. The van der Waals surface area contributed by atoms with Crippen molar-refractivity contribution >= 4 is 23.4 Å². The van der Waals surface area contributed by atoms with E-state index < -0.39 is 0 Å². The van der Waals surface area contributed by atoms with Gasteiger partial charge in [0.25, 0.3) is 5.91 Å². The summed E-state index contributed by atoms with van der Waals surface area (Å²) in [6.07, 6.45) is 1.11. The molecule has 0 spiro atoms. The van der Waals surface area contributed by atoms with E-state index in [1.54, 1.807) is 28.0 Å². The molecular formula is C19H21ClN2O3. The van der Waals surface area contributed by atoms with Crippen molar-refractivity contribution in [1.82, 2.24) is 9.80 Å². The number of carbonyl (C=O) groups excluding carboxylic acids is 2. The first-order chi connectivity index (χ1) is 12.1. The van der Waals surface area contributed by atoms with E-state index in [4.69, 9.17) is 16.0 Å². The Bertz CT molecular complexity index is 746. The van der Waals surface area contributed by atoms with Gasteiger partial charge in [-0.05, 0) is 29.8 Å². The Morgan fingerprint density at radius 3 is 2.24 bits per heavy atom. The van der Waals surface area contributed by atoms with Crippen LogP contribution in [0.4, 0.5) is 0 Å². The van der Waals surface area contributed by atoms with E-state index in [-0.39, 0.29) is 11.8 Å². The second-order valence-corrected chi connectivity index (χ2v) is 6.53. The molecule has 2 aromatic rings. The molecule has 0 saturated carbocycles. The zero-order chi connectivity index (χ0) is 17.8. The number of piperazine rings is 1. The minimum Gasteiger partial charge on any atom is -0.456 e. The van der Waals surface area contributed by atoms with Crippen LogP contribution in [0.5, 0.6) is 0 Å². The van der Waals surface area contributed by atoms with Gasteiger partial charge in [0.15, 0.2) is 5.76 Å². The minimum absolute atomic E-state index is 0.0701. The van der Waals surface area contributed by atoms with Gasteiger partial charge in [-0.1, -0.05) is 30.7 Å². The highest BCUT2D eigenvalue weighted by Gasteiger charge is 2.26. The van der Waals surface area contributed by atoms with Gasteiger partial charge in [-0.2, -0.15) is 0 Å². The Kier molecular flexibility index (Phi) is 5.43. The number of halogens is 1. The van der Waals surface area contributed by atoms with Gasteiger partial charge < -0.3 is 14.2 Å². The molecule has 2 amide bonds. The van der Waals surface area contributed by atoms with Crippen molar-refractivity contribution in [3.8, 4) is 0 Å². The Morgan fingerprint density at radius 2 is 1.64 bits per heavy atom. The lowest BCUT2D eigenvalue weighted by molar-refractivity contribution is -0.131. The highest BCUT2D eigenvalue weighted by molar-refractivity contribution is 6.30. The lowest BCUT2D eigenvalue weighted by Crippen LogP contribution is -2.50. The number of hydrogen-bond acceptors (Lipinski definition) is 3. The fourth-order valence-corrected chi connectivity index (χ4v) is 3.01. The number of hydrogen-bond donors (Lipinski definition) is 0. The van der Waals surface area contributed by atoms with Crippen molar-refractivity contribution in [2.75, 3.05) is 26.2 Å². The van der Waals surface area contributed by atoms with Crippen LogP contribution < -0.4 is 0 Å². The van der Waals surface area contributed by atoms with Crippen LogP contribution in [0.1, 0.15) is 28.8 Å². The largest absolute Gasteiger partial charge is 0.456 e. The Balaban J connectivity index is 1.53. The van der Waals surface area contributed by atoms with Crippen LogP contribution in [0.3, 0.4) is 0 Å². The second kappa shape index (κ2) is 7.74. The van der Waals surface area contributed by atoms with Crippen LogP contribution >= 0.6 is 11.6 Å². The van der Waals surface area contributed by atoms with Gasteiger partial charge >= 0.3 is 0 Å². The number of furan rings is 1. The van der Waals surface area contributed by atoms with Crippen LogP contribution in [0, 0.1) is 0 Å². The molecule has 1 aliphatic rings. The average molecular weight is 361 g/mol. The molecule has 2 heterocycles. The summed E-state index contributed by atoms with van der Waals surface area (Å²) in [4.78, 5) is 28.4. The van der Waals surface area contributed by atoms with Crippen molar-refractivity contribution in [2.24, 2.45) is 0 Å². The summed E-state index contributed by atoms with van der Waals surface area (Å²) in [5.74, 6) is 1.14. The number of nitrogens with zero attached hydrogens (tertiary/aromatic N) is 2. The van der Waals surface area contributed by atoms with Gasteiger partial charge in [0.2, 0.25) is 5.91 Å². The third-order valence-electron chi connectivity index (χ3n) is 4.41. The second-order valence-electron chi connectivity index (χ2n) is 6.10. The molecular weight excluding hydrogens is 340 g/mol. The maximum Gasteiger partial charge on any atom is 0.289 e. The van der Waals surface area contributed by atoms with Crippen molar-refractivity contribution in [1.29, 1.82) is 0 Å². The molecule has 0 unspecified atom stereocenters. The smallest absolute Gasteiger partial charge is 0.289 e. The van der Waals surface area contributed by atoms with Gasteiger partial charge in [-0.3, -0.25) is 9.59 Å². The number of rotatable bonds is 4. The zero-order valence-corrected chi connectivity index (χ0v) is 15.0. The van der Waals surface area contributed by atoms with Crippen LogP contribution in [-0.2, 0) is 17.6 Å². The van der Waals surface area contributed by atoms with Crippen LogP contribution in [0.15, 0.2) is 40.8 Å². The molecule has 132 valence electrons. The van der Waals surface area contributed by atoms with E-state index in [2.05, 4.69) is 0 Å². The van der Waals surface area contributed by atoms with E-state index in [1.807, 2.05) is 25.1 Å². The number of carbonyl (C=O) groups is 2. The Labute approximate surface area is 152 Å². The van der Waals surface area contributed by atoms with Gasteiger partial charge in [0.05, 0.1) is 6.42 Å². The summed E-state index contributed by atoms with van der Waals surface area (Å²) >= 11 is 5.86. The number of amides is 2. The molecule has 0 aliphatic carbocycles. The molecule has 1 saturated heterocycles. The molecule has 0 bridgehead atoms. The summed E-state index contributed by atoms with van der Waals surface area (Å²) in [7, 11) is 0. The minimum atomic E-state index is -0.107. The van der Waals surface area contributed by atoms with Crippen LogP contribution in [-0.4, -0.2) is 47.8 Å². The maximum atomic E-state index is 12.4. The van der Waals surface area contributed by atoms with Crippen molar-refractivity contribution < 1.29 is 14.0 Å². The molecule has 25 heavy (non-hydrogen) atoms. The van der Waals surface area contributed by atoms with E-state index in [0.29, 0.717) is 43.4 Å². The zero-order valence-electron chi connectivity index (χ0n) is 14.2. The van der Waals surface area contributed by atoms with E-state index >= 15 is 0 Å². The Morgan fingerprint density at radius 1 is 1.00 bits per heavy atom. The van der Waals surface area contributed by atoms with Gasteiger partial charge in [-0.25, -0.2) is 0 Å². The highest BCUT2D eigenvalue weighted by atomic mass is 35.5. The molecule has 1 aliphatic heterocycles. The molecule has 6 heteroatoms. The lowest BCUT2D eigenvalue weighted by Gasteiger charge is -2.34. The fraction of sp³-hybridized carbons (Fsp3) is 0.368. The first-order valence-electron chi connectivity index (χ1n) is 8.47. The fourth-order valence-electron chi connectivity index (χ4n) is 2.89. The summed E-state index contributed by atoms with van der Waals surface area (Å²) in [6.45, 7) is 4.11. The van der Waals surface area contributed by atoms with E-state index in [1.165, 1.54) is 0 Å². The third kappa shape index (κ3) is 4.23. The summed E-state index contributed by atoms with van der Waals surface area (Å²) in [6, 6.07) is 10.9. The molecule has 3 rings (SSSR count). The van der Waals surface area contributed by atoms with E-state index in [0.717, 1.165) is 17.7 Å². The quantitative estimate of drug-likeness (QED) is 0.842. The summed E-state index contributed by atoms with van der Waals surface area (Å²) in [5, 5.41) is 0.660. The monoisotopic (exact) mass is 360 g/mol. The van der Waals surface area contributed by atoms with Crippen LogP contribution in [0.2, 0.25) is 5.02 Å². The van der Waals surface area contributed by atoms with Gasteiger partial charge in [0, 0.05) is 37.6 Å². The maximum absolute atomic E-state index is 12.4. The van der Waals surface area contributed by atoms with Crippen molar-refractivity contribution in [3.05, 3.63) is 58.5 Å². The predicted octanol–water partition coefficient (Wildman–Crippen LogP) is 3.02. The summed E-state index contributed by atoms with van der Waals surface area (Å²) in [5.41, 5.74) is 0.940. The standard InChI is InChI=1S/C19H21ClN2O3/c1-2-16-7-8-17(25-16)19(24)22-11-9-21(10-12-22)18(23)13-14-3-5-15(20)6-4-14/h3-8H,2,9-13H2,1H3. The molecule has 0 radical (unpaired) electrons. The third-order valence-corrected chi connectivity index (χ3v) is 4.66. The van der Waals surface area contributed by atoms with Gasteiger partial charge in [0.1, 0.15) is 5.76 Å².